The van der Waals surface area contributed by atoms with E-state index in [1.54, 1.807) is 7.11 Å². The molecule has 0 spiro atoms. The molecule has 0 unspecified atom stereocenters. The molecule has 0 aromatic carbocycles. The van der Waals surface area contributed by atoms with E-state index in [-0.39, 0.29) is 24.0 Å². The van der Waals surface area contributed by atoms with Gasteiger partial charge in [0.15, 0.2) is 0 Å². The quantitative estimate of drug-likeness (QED) is 0.651. The maximum atomic E-state index is 11.5. The molecule has 1 saturated carbocycles. The molecular weight excluding hydrogens is 196 g/mol. The SMILES string of the molecule is CO[C@@H]1CCCC[C@H]1[C@H]1NC(=O)NC1=O. The molecule has 1 aliphatic carbocycles. The zero-order valence-corrected chi connectivity index (χ0v) is 8.79. The summed E-state index contributed by atoms with van der Waals surface area (Å²) in [5.41, 5.74) is 0. The minimum absolute atomic E-state index is 0.0906. The van der Waals surface area contributed by atoms with Crippen molar-refractivity contribution < 1.29 is 14.3 Å². The van der Waals surface area contributed by atoms with Crippen LogP contribution in [0.4, 0.5) is 4.79 Å². The molecule has 84 valence electrons. The molecule has 3 atom stereocenters. The predicted octanol–water partition coefficient (Wildman–Crippen LogP) is 0.400. The van der Waals surface area contributed by atoms with E-state index < -0.39 is 6.04 Å². The number of imide groups is 1. The summed E-state index contributed by atoms with van der Waals surface area (Å²) >= 11 is 0. The Hall–Kier alpha value is -1.10. The lowest BCUT2D eigenvalue weighted by atomic mass is 9.81. The number of amides is 3. The first-order chi connectivity index (χ1) is 7.22. The number of ether oxygens (including phenoxy) is 1. The van der Waals surface area contributed by atoms with Gasteiger partial charge in [-0.3, -0.25) is 10.1 Å². The van der Waals surface area contributed by atoms with Gasteiger partial charge >= 0.3 is 6.03 Å². The van der Waals surface area contributed by atoms with Gasteiger partial charge in [0.05, 0.1) is 6.10 Å². The summed E-state index contributed by atoms with van der Waals surface area (Å²) in [4.78, 5) is 22.5. The van der Waals surface area contributed by atoms with Gasteiger partial charge in [-0.25, -0.2) is 4.79 Å². The lowest BCUT2D eigenvalue weighted by Crippen LogP contribution is -2.45. The standard InChI is InChI=1S/C10H16N2O3/c1-15-7-5-3-2-4-6(7)8-9(13)12-10(14)11-8/h6-8H,2-5H2,1H3,(H2,11,12,13,14)/t6-,7-,8-/m1/s1. The smallest absolute Gasteiger partial charge is 0.322 e. The molecule has 2 rings (SSSR count). The highest BCUT2D eigenvalue weighted by Gasteiger charge is 2.41. The topological polar surface area (TPSA) is 67.4 Å². The summed E-state index contributed by atoms with van der Waals surface area (Å²) in [6.45, 7) is 0. The van der Waals surface area contributed by atoms with Gasteiger partial charge in [-0.15, -0.1) is 0 Å². The number of carbonyl (C=O) groups is 2. The molecule has 15 heavy (non-hydrogen) atoms. The van der Waals surface area contributed by atoms with E-state index in [9.17, 15) is 9.59 Å². The number of rotatable bonds is 2. The molecule has 0 aromatic heterocycles. The highest BCUT2D eigenvalue weighted by molar-refractivity contribution is 6.04. The van der Waals surface area contributed by atoms with Crippen molar-refractivity contribution in [3.63, 3.8) is 0 Å². The molecular formula is C10H16N2O3. The number of hydrogen-bond donors (Lipinski definition) is 2. The average molecular weight is 212 g/mol. The summed E-state index contributed by atoms with van der Waals surface area (Å²) in [6, 6.07) is -0.784. The third-order valence-corrected chi connectivity index (χ3v) is 3.29. The van der Waals surface area contributed by atoms with Gasteiger partial charge in [-0.05, 0) is 12.8 Å². The third kappa shape index (κ3) is 1.97. The van der Waals surface area contributed by atoms with Crippen molar-refractivity contribution >= 4 is 11.9 Å². The Morgan fingerprint density at radius 3 is 2.60 bits per heavy atom. The van der Waals surface area contributed by atoms with Crippen LogP contribution in [0.3, 0.4) is 0 Å². The summed E-state index contributed by atoms with van der Waals surface area (Å²) in [5.74, 6) is -0.0934. The Bertz CT molecular complexity index is 280. The Morgan fingerprint density at radius 1 is 1.27 bits per heavy atom. The van der Waals surface area contributed by atoms with Crippen molar-refractivity contribution in [2.45, 2.75) is 37.8 Å². The minimum Gasteiger partial charge on any atom is -0.381 e. The van der Waals surface area contributed by atoms with Crippen LogP contribution in [0.15, 0.2) is 0 Å². The first kappa shape index (κ1) is 10.4. The average Bonchev–Trinajstić information content (AvgIpc) is 2.57. The highest BCUT2D eigenvalue weighted by atomic mass is 16.5. The number of urea groups is 1. The van der Waals surface area contributed by atoms with Crippen molar-refractivity contribution in [3.8, 4) is 0 Å². The van der Waals surface area contributed by atoms with Gasteiger partial charge in [-0.2, -0.15) is 0 Å². The van der Waals surface area contributed by atoms with Gasteiger partial charge in [0.2, 0.25) is 0 Å². The van der Waals surface area contributed by atoms with Crippen LogP contribution in [0, 0.1) is 5.92 Å². The van der Waals surface area contributed by atoms with Crippen molar-refractivity contribution in [1.29, 1.82) is 0 Å². The molecule has 2 N–H and O–H groups in total. The summed E-state index contributed by atoms with van der Waals surface area (Å²) in [5, 5.41) is 4.92. The molecule has 3 amide bonds. The van der Waals surface area contributed by atoms with Gasteiger partial charge in [0, 0.05) is 13.0 Å². The van der Waals surface area contributed by atoms with Gasteiger partial charge in [-0.1, -0.05) is 12.8 Å². The van der Waals surface area contributed by atoms with E-state index in [2.05, 4.69) is 10.6 Å². The molecule has 0 bridgehead atoms. The van der Waals surface area contributed by atoms with E-state index in [0.29, 0.717) is 0 Å². The summed E-state index contributed by atoms with van der Waals surface area (Å²) in [6.07, 6.45) is 4.24. The van der Waals surface area contributed by atoms with E-state index in [1.165, 1.54) is 0 Å². The fraction of sp³-hybridized carbons (Fsp3) is 0.800. The third-order valence-electron chi connectivity index (χ3n) is 3.29. The number of nitrogens with one attached hydrogen (secondary N) is 2. The van der Waals surface area contributed by atoms with Crippen molar-refractivity contribution in [2.24, 2.45) is 5.92 Å². The maximum Gasteiger partial charge on any atom is 0.322 e. The molecule has 0 aromatic rings. The normalized spacial score (nSPS) is 36.2. The highest BCUT2D eigenvalue weighted by Crippen LogP contribution is 2.30. The molecule has 2 fully saturated rings. The van der Waals surface area contributed by atoms with Crippen LogP contribution in [-0.2, 0) is 9.53 Å². The van der Waals surface area contributed by atoms with E-state index in [4.69, 9.17) is 4.74 Å². The molecule has 0 radical (unpaired) electrons. The van der Waals surface area contributed by atoms with Crippen LogP contribution in [0.5, 0.6) is 0 Å². The molecule has 2 aliphatic rings. The molecule has 1 saturated heterocycles. The molecule has 5 heteroatoms. The lowest BCUT2D eigenvalue weighted by molar-refractivity contribution is -0.123. The summed E-state index contributed by atoms with van der Waals surface area (Å²) < 4.78 is 5.37. The fourth-order valence-corrected chi connectivity index (χ4v) is 2.53. The van der Waals surface area contributed by atoms with Crippen LogP contribution in [0.25, 0.3) is 0 Å². The van der Waals surface area contributed by atoms with Gasteiger partial charge in [0.1, 0.15) is 6.04 Å². The Kier molecular flexibility index (Phi) is 2.90. The van der Waals surface area contributed by atoms with Gasteiger partial charge in [0.25, 0.3) is 5.91 Å². The van der Waals surface area contributed by atoms with Crippen LogP contribution >= 0.6 is 0 Å². The Morgan fingerprint density at radius 2 is 2.00 bits per heavy atom. The Labute approximate surface area is 88.5 Å². The Balaban J connectivity index is 2.07. The van der Waals surface area contributed by atoms with E-state index in [0.717, 1.165) is 25.7 Å². The predicted molar refractivity (Wildman–Crippen MR) is 53.2 cm³/mol. The second kappa shape index (κ2) is 4.18. The second-order valence-corrected chi connectivity index (χ2v) is 4.16. The largest absolute Gasteiger partial charge is 0.381 e. The van der Waals surface area contributed by atoms with Crippen LogP contribution in [0.1, 0.15) is 25.7 Å². The van der Waals surface area contributed by atoms with E-state index >= 15 is 0 Å². The lowest BCUT2D eigenvalue weighted by Gasteiger charge is -2.32. The number of methoxy groups -OCH3 is 1. The zero-order valence-electron chi connectivity index (χ0n) is 8.79. The molecule has 1 aliphatic heterocycles. The second-order valence-electron chi connectivity index (χ2n) is 4.16. The van der Waals surface area contributed by atoms with Crippen LogP contribution in [0.2, 0.25) is 0 Å². The molecule has 1 heterocycles. The number of hydrogen-bond acceptors (Lipinski definition) is 3. The van der Waals surface area contributed by atoms with Crippen molar-refractivity contribution in [2.75, 3.05) is 7.11 Å². The zero-order chi connectivity index (χ0) is 10.8. The molecule has 5 nitrogen and oxygen atoms in total. The first-order valence-electron chi connectivity index (χ1n) is 5.36. The van der Waals surface area contributed by atoms with Gasteiger partial charge < -0.3 is 10.1 Å². The monoisotopic (exact) mass is 212 g/mol. The minimum atomic E-state index is -0.400. The summed E-state index contributed by atoms with van der Waals surface area (Å²) in [7, 11) is 1.66. The fourth-order valence-electron chi connectivity index (χ4n) is 2.53. The van der Waals surface area contributed by atoms with Crippen LogP contribution in [-0.4, -0.2) is 31.2 Å². The van der Waals surface area contributed by atoms with E-state index in [1.807, 2.05) is 0 Å². The number of carbonyl (C=O) groups excluding carboxylic acids is 2. The first-order valence-corrected chi connectivity index (χ1v) is 5.36. The van der Waals surface area contributed by atoms with Crippen molar-refractivity contribution in [1.82, 2.24) is 10.6 Å². The van der Waals surface area contributed by atoms with Crippen LogP contribution < -0.4 is 10.6 Å². The maximum absolute atomic E-state index is 11.5. The van der Waals surface area contributed by atoms with Crippen molar-refractivity contribution in [3.05, 3.63) is 0 Å².